The summed E-state index contributed by atoms with van der Waals surface area (Å²) in [7, 11) is 6.02. The molecule has 0 spiro atoms. The van der Waals surface area contributed by atoms with Crippen molar-refractivity contribution in [3.63, 3.8) is 0 Å². The Kier molecular flexibility index (Phi) is 7.72. The Morgan fingerprint density at radius 3 is 2.69 bits per heavy atom. The second-order valence-corrected chi connectivity index (χ2v) is 7.06. The highest BCUT2D eigenvalue weighted by molar-refractivity contribution is 7.13. The minimum absolute atomic E-state index is 0.565. The molecule has 0 aliphatic carbocycles. The zero-order chi connectivity index (χ0) is 18.9. The molecule has 0 bridgehead atoms. The quantitative estimate of drug-likeness (QED) is 0.568. The summed E-state index contributed by atoms with van der Waals surface area (Å²) in [5.41, 5.74) is 2.13. The van der Waals surface area contributed by atoms with Crippen LogP contribution in [0.25, 0.3) is 0 Å². The Labute approximate surface area is 160 Å². The van der Waals surface area contributed by atoms with Crippen LogP contribution in [-0.4, -0.2) is 56.7 Å². The number of likely N-dealkylation sites (N-methyl/N-ethyl adjacent to an activating group) is 1. The lowest BCUT2D eigenvalue weighted by molar-refractivity contribution is 0.280. The number of ether oxygens (including phenoxy) is 1. The monoisotopic (exact) mass is 375 g/mol. The molecule has 0 atom stereocenters. The van der Waals surface area contributed by atoms with Crippen LogP contribution in [0.15, 0.2) is 34.6 Å². The molecule has 1 heterocycles. The lowest BCUT2D eigenvalue weighted by Gasteiger charge is -2.22. The first kappa shape index (κ1) is 20.0. The zero-order valence-corrected chi connectivity index (χ0v) is 17.1. The van der Waals surface area contributed by atoms with Crippen molar-refractivity contribution < 1.29 is 4.74 Å². The maximum absolute atomic E-state index is 5.89. The van der Waals surface area contributed by atoms with Gasteiger partial charge in [-0.2, -0.15) is 0 Å². The Bertz CT molecular complexity index is 713. The van der Waals surface area contributed by atoms with E-state index in [1.54, 1.807) is 11.3 Å². The maximum atomic E-state index is 5.89. The van der Waals surface area contributed by atoms with E-state index in [1.165, 1.54) is 0 Å². The molecular weight excluding hydrogens is 346 g/mol. The Morgan fingerprint density at radius 1 is 1.27 bits per heavy atom. The van der Waals surface area contributed by atoms with Gasteiger partial charge in [0.25, 0.3) is 0 Å². The van der Waals surface area contributed by atoms with E-state index < -0.39 is 0 Å². The van der Waals surface area contributed by atoms with Crippen molar-refractivity contribution in [1.29, 1.82) is 0 Å². The number of rotatable bonds is 8. The van der Waals surface area contributed by atoms with Crippen molar-refractivity contribution in [3.8, 4) is 5.75 Å². The van der Waals surface area contributed by atoms with Crippen molar-refractivity contribution >= 4 is 22.4 Å². The van der Waals surface area contributed by atoms with Gasteiger partial charge < -0.3 is 19.9 Å². The van der Waals surface area contributed by atoms with Gasteiger partial charge >= 0.3 is 0 Å². The minimum Gasteiger partial charge on any atom is -0.491 e. The maximum Gasteiger partial charge on any atom is 0.194 e. The van der Waals surface area contributed by atoms with Gasteiger partial charge in [-0.15, -0.1) is 11.3 Å². The molecule has 0 amide bonds. The molecule has 142 valence electrons. The summed E-state index contributed by atoms with van der Waals surface area (Å²) < 4.78 is 5.89. The zero-order valence-electron chi connectivity index (χ0n) is 16.3. The van der Waals surface area contributed by atoms with Crippen LogP contribution in [0, 0.1) is 6.92 Å². The number of hydrogen-bond donors (Lipinski definition) is 1. The van der Waals surface area contributed by atoms with Crippen LogP contribution in [0.1, 0.15) is 18.2 Å². The number of nitrogens with zero attached hydrogens (tertiary/aromatic N) is 4. The van der Waals surface area contributed by atoms with Gasteiger partial charge in [0.1, 0.15) is 12.4 Å². The molecule has 0 radical (unpaired) electrons. The number of aromatic nitrogens is 1. The van der Waals surface area contributed by atoms with Gasteiger partial charge in [-0.1, -0.05) is 18.2 Å². The van der Waals surface area contributed by atoms with E-state index >= 15 is 0 Å². The van der Waals surface area contributed by atoms with E-state index in [0.29, 0.717) is 13.2 Å². The highest BCUT2D eigenvalue weighted by atomic mass is 32.1. The van der Waals surface area contributed by atoms with Gasteiger partial charge in [0.05, 0.1) is 18.8 Å². The third-order valence-electron chi connectivity index (χ3n) is 3.79. The largest absolute Gasteiger partial charge is 0.491 e. The third kappa shape index (κ3) is 5.91. The third-order valence-corrected chi connectivity index (χ3v) is 4.84. The standard InChI is InChI=1S/C19H29N5OS/c1-6-20-18(21-13-16-14-26-19(22-16)23(3)4)24(5)11-12-25-17-10-8-7-9-15(17)2/h7-10,14H,6,11-13H2,1-5H3,(H,20,21). The van der Waals surface area contributed by atoms with Crippen molar-refractivity contribution in [1.82, 2.24) is 15.2 Å². The fourth-order valence-electron chi connectivity index (χ4n) is 2.32. The van der Waals surface area contributed by atoms with Crippen molar-refractivity contribution in [2.24, 2.45) is 4.99 Å². The summed E-state index contributed by atoms with van der Waals surface area (Å²) in [5.74, 6) is 1.79. The number of nitrogens with one attached hydrogen (secondary N) is 1. The number of hydrogen-bond acceptors (Lipinski definition) is 5. The first-order valence-electron chi connectivity index (χ1n) is 8.80. The van der Waals surface area contributed by atoms with Gasteiger partial charge in [0.15, 0.2) is 11.1 Å². The number of para-hydroxylation sites is 1. The molecule has 0 aliphatic rings. The summed E-state index contributed by atoms with van der Waals surface area (Å²) >= 11 is 1.64. The predicted molar refractivity (Wildman–Crippen MR) is 111 cm³/mol. The summed E-state index contributed by atoms with van der Waals surface area (Å²) in [4.78, 5) is 13.4. The summed E-state index contributed by atoms with van der Waals surface area (Å²) in [5, 5.41) is 6.39. The van der Waals surface area contributed by atoms with Crippen molar-refractivity contribution in [2.75, 3.05) is 45.7 Å². The van der Waals surface area contributed by atoms with Crippen LogP contribution in [-0.2, 0) is 6.54 Å². The Balaban J connectivity index is 1.90. The smallest absolute Gasteiger partial charge is 0.194 e. The Morgan fingerprint density at radius 2 is 2.04 bits per heavy atom. The molecule has 0 fully saturated rings. The molecule has 1 aromatic carbocycles. The molecule has 0 saturated heterocycles. The number of benzene rings is 1. The molecule has 0 aliphatic heterocycles. The van der Waals surface area contributed by atoms with Gasteiger partial charge in [-0.05, 0) is 25.5 Å². The summed E-state index contributed by atoms with van der Waals surface area (Å²) in [6, 6.07) is 8.07. The molecule has 0 saturated carbocycles. The number of thiazole rings is 1. The van der Waals surface area contributed by atoms with Gasteiger partial charge in [0.2, 0.25) is 0 Å². The first-order valence-corrected chi connectivity index (χ1v) is 9.68. The SMILES string of the molecule is CCNC(=NCc1csc(N(C)C)n1)N(C)CCOc1ccccc1C. The predicted octanol–water partition coefficient (Wildman–Crippen LogP) is 2.99. The van der Waals surface area contributed by atoms with E-state index in [9.17, 15) is 0 Å². The molecule has 2 aromatic rings. The fraction of sp³-hybridized carbons (Fsp3) is 0.474. The summed E-state index contributed by atoms with van der Waals surface area (Å²) in [6.07, 6.45) is 0. The van der Waals surface area contributed by atoms with E-state index in [-0.39, 0.29) is 0 Å². The second kappa shape index (κ2) is 10.0. The highest BCUT2D eigenvalue weighted by Gasteiger charge is 2.08. The molecule has 26 heavy (non-hydrogen) atoms. The lowest BCUT2D eigenvalue weighted by Crippen LogP contribution is -2.40. The van der Waals surface area contributed by atoms with Crippen molar-refractivity contribution in [2.45, 2.75) is 20.4 Å². The normalized spacial score (nSPS) is 11.3. The van der Waals surface area contributed by atoms with Gasteiger partial charge in [-0.3, -0.25) is 0 Å². The van der Waals surface area contributed by atoms with E-state index in [4.69, 9.17) is 9.73 Å². The fourth-order valence-corrected chi connectivity index (χ4v) is 3.07. The van der Waals surface area contributed by atoms with Gasteiger partial charge in [-0.25, -0.2) is 9.98 Å². The van der Waals surface area contributed by atoms with E-state index in [2.05, 4.69) is 40.5 Å². The molecule has 6 nitrogen and oxygen atoms in total. The first-order chi connectivity index (χ1) is 12.5. The van der Waals surface area contributed by atoms with Crippen LogP contribution in [0.4, 0.5) is 5.13 Å². The van der Waals surface area contributed by atoms with Crippen LogP contribution in [0.5, 0.6) is 5.75 Å². The average molecular weight is 376 g/mol. The number of aliphatic imine (C=N–C) groups is 1. The second-order valence-electron chi connectivity index (χ2n) is 6.22. The number of guanidine groups is 1. The van der Waals surface area contributed by atoms with Crippen LogP contribution >= 0.6 is 11.3 Å². The number of anilines is 1. The number of aryl methyl sites for hydroxylation is 1. The molecule has 1 N–H and O–H groups in total. The van der Waals surface area contributed by atoms with E-state index in [0.717, 1.165) is 41.2 Å². The average Bonchev–Trinajstić information content (AvgIpc) is 3.09. The molecular formula is C19H29N5OS. The topological polar surface area (TPSA) is 53.0 Å². The van der Waals surface area contributed by atoms with Gasteiger partial charge in [0, 0.05) is 33.1 Å². The molecule has 1 aromatic heterocycles. The Hall–Kier alpha value is -2.28. The summed E-state index contributed by atoms with van der Waals surface area (Å²) in [6.45, 7) is 6.87. The van der Waals surface area contributed by atoms with Crippen LogP contribution in [0.2, 0.25) is 0 Å². The lowest BCUT2D eigenvalue weighted by atomic mass is 10.2. The molecule has 0 unspecified atom stereocenters. The highest BCUT2D eigenvalue weighted by Crippen LogP contribution is 2.18. The molecule has 7 heteroatoms. The van der Waals surface area contributed by atoms with Crippen molar-refractivity contribution in [3.05, 3.63) is 40.9 Å². The van der Waals surface area contributed by atoms with E-state index in [1.807, 2.05) is 44.2 Å². The molecule has 2 rings (SSSR count). The minimum atomic E-state index is 0.565. The van der Waals surface area contributed by atoms with Crippen LogP contribution in [0.3, 0.4) is 0 Å². The van der Waals surface area contributed by atoms with Crippen LogP contribution < -0.4 is 15.0 Å².